The molecule has 1 rings (SSSR count). The molecule has 0 heterocycles. The van der Waals surface area contributed by atoms with Crippen LogP contribution in [0.2, 0.25) is 0 Å². The van der Waals surface area contributed by atoms with Crippen molar-refractivity contribution in [2.45, 2.75) is 13.8 Å². The first-order valence-electron chi connectivity index (χ1n) is 4.22. The van der Waals surface area contributed by atoms with E-state index in [2.05, 4.69) is 4.72 Å². The molecular formula is C9H12FNO2S. The second-order valence-corrected chi connectivity index (χ2v) is 4.93. The summed E-state index contributed by atoms with van der Waals surface area (Å²) in [6, 6.07) is 4.29. The fraction of sp³-hybridized carbons (Fsp3) is 0.333. The molecule has 1 aromatic rings. The summed E-state index contributed by atoms with van der Waals surface area (Å²) < 4.78 is 37.7. The Bertz CT molecular complexity index is 428. The number of rotatable bonds is 3. The summed E-state index contributed by atoms with van der Waals surface area (Å²) in [6.45, 7) is 3.06. The topological polar surface area (TPSA) is 46.2 Å². The summed E-state index contributed by atoms with van der Waals surface area (Å²) in [7, 11) is -3.33. The molecule has 0 atom stereocenters. The highest BCUT2D eigenvalue weighted by Crippen LogP contribution is 2.18. The fourth-order valence-corrected chi connectivity index (χ4v) is 1.66. The van der Waals surface area contributed by atoms with Gasteiger partial charge in [0.15, 0.2) is 0 Å². The lowest BCUT2D eigenvalue weighted by atomic mass is 10.2. The second kappa shape index (κ2) is 3.96. The Morgan fingerprint density at radius 1 is 1.43 bits per heavy atom. The molecule has 3 nitrogen and oxygen atoms in total. The third kappa shape index (κ3) is 2.45. The van der Waals surface area contributed by atoms with Gasteiger partial charge in [0.25, 0.3) is 0 Å². The minimum Gasteiger partial charge on any atom is -0.283 e. The van der Waals surface area contributed by atoms with Crippen molar-refractivity contribution in [2.24, 2.45) is 0 Å². The van der Waals surface area contributed by atoms with E-state index in [9.17, 15) is 12.8 Å². The predicted octanol–water partition coefficient (Wildman–Crippen LogP) is 1.90. The number of benzene rings is 1. The molecule has 0 aliphatic rings. The molecule has 5 heteroatoms. The highest BCUT2D eigenvalue weighted by atomic mass is 32.2. The van der Waals surface area contributed by atoms with Crippen molar-refractivity contribution < 1.29 is 12.8 Å². The summed E-state index contributed by atoms with van der Waals surface area (Å²) in [5.74, 6) is -0.440. The zero-order valence-corrected chi connectivity index (χ0v) is 8.86. The number of hydrogen-bond donors (Lipinski definition) is 1. The van der Waals surface area contributed by atoms with Crippen LogP contribution in [-0.4, -0.2) is 14.2 Å². The Balaban J connectivity index is 3.05. The maximum Gasteiger partial charge on any atom is 0.232 e. The van der Waals surface area contributed by atoms with Gasteiger partial charge in [0.2, 0.25) is 10.0 Å². The van der Waals surface area contributed by atoms with Crippen molar-refractivity contribution in [1.82, 2.24) is 0 Å². The van der Waals surface area contributed by atoms with Gasteiger partial charge < -0.3 is 0 Å². The lowest BCUT2D eigenvalue weighted by Gasteiger charge is -2.08. The average Bonchev–Trinajstić information content (AvgIpc) is 2.13. The lowest BCUT2D eigenvalue weighted by Crippen LogP contribution is -2.15. The summed E-state index contributed by atoms with van der Waals surface area (Å²) in [6.07, 6.45) is 0. The molecule has 78 valence electrons. The quantitative estimate of drug-likeness (QED) is 0.840. The SMILES string of the molecule is CCS(=O)(=O)Nc1cccc(F)c1C. The highest BCUT2D eigenvalue weighted by molar-refractivity contribution is 7.92. The molecule has 0 saturated heterocycles. The molecule has 0 unspecified atom stereocenters. The minimum atomic E-state index is -3.33. The third-order valence-electron chi connectivity index (χ3n) is 1.91. The smallest absolute Gasteiger partial charge is 0.232 e. The van der Waals surface area contributed by atoms with Gasteiger partial charge >= 0.3 is 0 Å². The minimum absolute atomic E-state index is 0.0248. The molecule has 1 N–H and O–H groups in total. The van der Waals surface area contributed by atoms with Crippen LogP contribution in [0.5, 0.6) is 0 Å². The van der Waals surface area contributed by atoms with Crippen LogP contribution in [0.4, 0.5) is 10.1 Å². The van der Waals surface area contributed by atoms with Crippen LogP contribution in [0, 0.1) is 12.7 Å². The summed E-state index contributed by atoms with van der Waals surface area (Å²) in [5.41, 5.74) is 0.608. The zero-order valence-electron chi connectivity index (χ0n) is 8.04. The predicted molar refractivity (Wildman–Crippen MR) is 54.2 cm³/mol. The summed E-state index contributed by atoms with van der Waals surface area (Å²) in [5, 5.41) is 0. The van der Waals surface area contributed by atoms with E-state index in [4.69, 9.17) is 0 Å². The monoisotopic (exact) mass is 217 g/mol. The Morgan fingerprint density at radius 2 is 2.07 bits per heavy atom. The molecule has 0 aromatic heterocycles. The molecule has 0 aliphatic heterocycles. The van der Waals surface area contributed by atoms with Crippen LogP contribution in [-0.2, 0) is 10.0 Å². The van der Waals surface area contributed by atoms with E-state index in [0.717, 1.165) is 0 Å². The number of halogens is 1. The van der Waals surface area contributed by atoms with Gasteiger partial charge in [0.05, 0.1) is 11.4 Å². The third-order valence-corrected chi connectivity index (χ3v) is 3.20. The maximum atomic E-state index is 13.0. The Morgan fingerprint density at radius 3 is 2.64 bits per heavy atom. The van der Waals surface area contributed by atoms with Crippen LogP contribution in [0.1, 0.15) is 12.5 Å². The number of sulfonamides is 1. The van der Waals surface area contributed by atoms with Crippen molar-refractivity contribution in [1.29, 1.82) is 0 Å². The van der Waals surface area contributed by atoms with Gasteiger partial charge in [-0.05, 0) is 26.0 Å². The summed E-state index contributed by atoms with van der Waals surface area (Å²) >= 11 is 0. The zero-order chi connectivity index (χ0) is 10.8. The van der Waals surface area contributed by atoms with Gasteiger partial charge in [-0.25, -0.2) is 12.8 Å². The van der Waals surface area contributed by atoms with Gasteiger partial charge in [-0.2, -0.15) is 0 Å². The van der Waals surface area contributed by atoms with Crippen LogP contribution < -0.4 is 4.72 Å². The molecular weight excluding hydrogens is 205 g/mol. The molecule has 0 fully saturated rings. The Hall–Kier alpha value is -1.10. The molecule has 0 aliphatic carbocycles. The first kappa shape index (κ1) is 11.0. The van der Waals surface area contributed by atoms with Gasteiger partial charge in [0.1, 0.15) is 5.82 Å². The van der Waals surface area contributed by atoms with Crippen LogP contribution in [0.25, 0.3) is 0 Å². The second-order valence-electron chi connectivity index (χ2n) is 2.92. The van der Waals surface area contributed by atoms with E-state index in [1.807, 2.05) is 0 Å². The van der Waals surface area contributed by atoms with Gasteiger partial charge in [-0.1, -0.05) is 6.07 Å². The van der Waals surface area contributed by atoms with Crippen molar-refractivity contribution in [2.75, 3.05) is 10.5 Å². The average molecular weight is 217 g/mol. The molecule has 1 aromatic carbocycles. The molecule has 0 saturated carbocycles. The maximum absolute atomic E-state index is 13.0. The van der Waals surface area contributed by atoms with Crippen molar-refractivity contribution in [3.63, 3.8) is 0 Å². The highest BCUT2D eigenvalue weighted by Gasteiger charge is 2.10. The lowest BCUT2D eigenvalue weighted by molar-refractivity contribution is 0.602. The van der Waals surface area contributed by atoms with Crippen molar-refractivity contribution >= 4 is 15.7 Å². The van der Waals surface area contributed by atoms with E-state index in [-0.39, 0.29) is 5.75 Å². The Kier molecular flexibility index (Phi) is 3.10. The largest absolute Gasteiger partial charge is 0.283 e. The molecule has 0 bridgehead atoms. The number of hydrogen-bond acceptors (Lipinski definition) is 2. The molecule has 0 radical (unpaired) electrons. The fourth-order valence-electron chi connectivity index (χ4n) is 0.958. The van der Waals surface area contributed by atoms with Gasteiger partial charge in [-0.15, -0.1) is 0 Å². The Labute approximate surface area is 83.0 Å². The van der Waals surface area contributed by atoms with Gasteiger partial charge in [-0.3, -0.25) is 4.72 Å². The van der Waals surface area contributed by atoms with Crippen molar-refractivity contribution in [3.05, 3.63) is 29.6 Å². The van der Waals surface area contributed by atoms with E-state index < -0.39 is 15.8 Å². The van der Waals surface area contributed by atoms with Crippen LogP contribution in [0.3, 0.4) is 0 Å². The van der Waals surface area contributed by atoms with Crippen LogP contribution in [0.15, 0.2) is 18.2 Å². The normalized spacial score (nSPS) is 11.4. The van der Waals surface area contributed by atoms with E-state index in [0.29, 0.717) is 11.3 Å². The van der Waals surface area contributed by atoms with E-state index in [1.54, 1.807) is 0 Å². The first-order chi connectivity index (χ1) is 6.46. The molecule has 14 heavy (non-hydrogen) atoms. The number of nitrogens with one attached hydrogen (secondary N) is 1. The van der Waals surface area contributed by atoms with Crippen LogP contribution >= 0.6 is 0 Å². The van der Waals surface area contributed by atoms with E-state index in [1.165, 1.54) is 32.0 Å². The molecule has 0 amide bonds. The van der Waals surface area contributed by atoms with Crippen molar-refractivity contribution in [3.8, 4) is 0 Å². The standard InChI is InChI=1S/C9H12FNO2S/c1-3-14(12,13)11-9-6-4-5-8(10)7(9)2/h4-6,11H,3H2,1-2H3. The molecule has 0 spiro atoms. The number of anilines is 1. The first-order valence-corrected chi connectivity index (χ1v) is 5.87. The van der Waals surface area contributed by atoms with Gasteiger partial charge in [0, 0.05) is 5.56 Å². The van der Waals surface area contributed by atoms with E-state index >= 15 is 0 Å². The summed E-state index contributed by atoms with van der Waals surface area (Å²) in [4.78, 5) is 0.